The standard InChI is InChI=1S/C14H14N2O/c1-10-6-5-9-12(15)13(10)14(17)16-11-7-3-2-4-8-11/h2-9H,15H2,1H3,(H,16,17). The molecule has 3 nitrogen and oxygen atoms in total. The number of rotatable bonds is 2. The van der Waals surface area contributed by atoms with Crippen molar-refractivity contribution in [2.75, 3.05) is 11.1 Å². The number of hydrogen-bond donors (Lipinski definition) is 2. The first kappa shape index (κ1) is 11.2. The van der Waals surface area contributed by atoms with Gasteiger partial charge in [0.05, 0.1) is 5.56 Å². The lowest BCUT2D eigenvalue weighted by Gasteiger charge is -2.09. The topological polar surface area (TPSA) is 55.1 Å². The predicted octanol–water partition coefficient (Wildman–Crippen LogP) is 2.83. The molecule has 0 atom stereocenters. The minimum Gasteiger partial charge on any atom is -0.398 e. The van der Waals surface area contributed by atoms with Crippen molar-refractivity contribution in [3.05, 3.63) is 59.7 Å². The summed E-state index contributed by atoms with van der Waals surface area (Å²) in [6, 6.07) is 14.8. The van der Waals surface area contributed by atoms with Crippen LogP contribution in [0.1, 0.15) is 15.9 Å². The van der Waals surface area contributed by atoms with Gasteiger partial charge < -0.3 is 11.1 Å². The molecule has 1 amide bonds. The first-order valence-corrected chi connectivity index (χ1v) is 5.40. The first-order valence-electron chi connectivity index (χ1n) is 5.40. The van der Waals surface area contributed by atoms with E-state index in [1.807, 2.05) is 49.4 Å². The Kier molecular flexibility index (Phi) is 3.10. The Morgan fingerprint density at radius 2 is 1.76 bits per heavy atom. The first-order chi connectivity index (χ1) is 8.18. The molecular weight excluding hydrogens is 212 g/mol. The van der Waals surface area contributed by atoms with Gasteiger partial charge in [-0.1, -0.05) is 30.3 Å². The second-order valence-electron chi connectivity index (χ2n) is 3.86. The number of carbonyl (C=O) groups is 1. The molecule has 2 aromatic carbocycles. The summed E-state index contributed by atoms with van der Waals surface area (Å²) < 4.78 is 0. The highest BCUT2D eigenvalue weighted by Crippen LogP contribution is 2.18. The van der Waals surface area contributed by atoms with Gasteiger partial charge in [0.25, 0.3) is 5.91 Å². The van der Waals surface area contributed by atoms with Gasteiger partial charge in [-0.15, -0.1) is 0 Å². The number of hydrogen-bond acceptors (Lipinski definition) is 2. The summed E-state index contributed by atoms with van der Waals surface area (Å²) in [5.74, 6) is -0.174. The molecule has 3 N–H and O–H groups in total. The Bertz CT molecular complexity index is 515. The Morgan fingerprint density at radius 3 is 2.41 bits per heavy atom. The van der Waals surface area contributed by atoms with E-state index in [0.717, 1.165) is 11.3 Å². The second-order valence-corrected chi connectivity index (χ2v) is 3.86. The van der Waals surface area contributed by atoms with Crippen LogP contribution in [0.15, 0.2) is 48.5 Å². The Labute approximate surface area is 100 Å². The van der Waals surface area contributed by atoms with Crippen LogP contribution >= 0.6 is 0 Å². The normalized spacial score (nSPS) is 9.94. The molecular formula is C14H14N2O. The lowest BCUT2D eigenvalue weighted by atomic mass is 10.1. The molecule has 2 rings (SSSR count). The van der Waals surface area contributed by atoms with Gasteiger partial charge in [0, 0.05) is 11.4 Å². The molecule has 0 fully saturated rings. The fourth-order valence-corrected chi connectivity index (χ4v) is 1.72. The van der Waals surface area contributed by atoms with Crippen molar-refractivity contribution in [2.24, 2.45) is 0 Å². The number of aryl methyl sites for hydroxylation is 1. The van der Waals surface area contributed by atoms with E-state index in [2.05, 4.69) is 5.32 Å². The maximum atomic E-state index is 12.1. The highest BCUT2D eigenvalue weighted by molar-refractivity contribution is 6.08. The SMILES string of the molecule is Cc1cccc(N)c1C(=O)Nc1ccccc1. The van der Waals surface area contributed by atoms with E-state index in [1.165, 1.54) is 0 Å². The van der Waals surface area contributed by atoms with E-state index in [4.69, 9.17) is 5.73 Å². The van der Waals surface area contributed by atoms with Crippen molar-refractivity contribution < 1.29 is 4.79 Å². The number of anilines is 2. The quantitative estimate of drug-likeness (QED) is 0.773. The van der Waals surface area contributed by atoms with Crippen LogP contribution in [0, 0.1) is 6.92 Å². The fourth-order valence-electron chi connectivity index (χ4n) is 1.72. The average molecular weight is 226 g/mol. The van der Waals surface area contributed by atoms with E-state index < -0.39 is 0 Å². The van der Waals surface area contributed by atoms with E-state index in [1.54, 1.807) is 6.07 Å². The zero-order valence-corrected chi connectivity index (χ0v) is 9.60. The van der Waals surface area contributed by atoms with Gasteiger partial charge in [0.1, 0.15) is 0 Å². The molecule has 0 saturated carbocycles. The zero-order valence-electron chi connectivity index (χ0n) is 9.60. The maximum Gasteiger partial charge on any atom is 0.258 e. The molecule has 0 radical (unpaired) electrons. The van der Waals surface area contributed by atoms with Gasteiger partial charge in [-0.3, -0.25) is 4.79 Å². The predicted molar refractivity (Wildman–Crippen MR) is 70.0 cm³/mol. The smallest absolute Gasteiger partial charge is 0.258 e. The highest BCUT2D eigenvalue weighted by Gasteiger charge is 2.12. The van der Waals surface area contributed by atoms with Crippen molar-refractivity contribution in [3.63, 3.8) is 0 Å². The molecule has 17 heavy (non-hydrogen) atoms. The Balaban J connectivity index is 2.27. The summed E-state index contributed by atoms with van der Waals surface area (Å²) in [6.07, 6.45) is 0. The molecule has 0 spiro atoms. The number of nitrogens with two attached hydrogens (primary N) is 1. The molecule has 0 unspecified atom stereocenters. The van der Waals surface area contributed by atoms with Gasteiger partial charge in [0.2, 0.25) is 0 Å². The van der Waals surface area contributed by atoms with Crippen LogP contribution in [0.4, 0.5) is 11.4 Å². The molecule has 0 aliphatic carbocycles. The van der Waals surface area contributed by atoms with Crippen LogP contribution in [0.25, 0.3) is 0 Å². The molecule has 0 heterocycles. The van der Waals surface area contributed by atoms with Crippen LogP contribution < -0.4 is 11.1 Å². The van der Waals surface area contributed by atoms with Gasteiger partial charge >= 0.3 is 0 Å². The number of para-hydroxylation sites is 1. The fraction of sp³-hybridized carbons (Fsp3) is 0.0714. The Morgan fingerprint density at radius 1 is 1.06 bits per heavy atom. The van der Waals surface area contributed by atoms with Gasteiger partial charge in [-0.05, 0) is 30.7 Å². The summed E-state index contributed by atoms with van der Waals surface area (Å²) >= 11 is 0. The third-order valence-corrected chi connectivity index (χ3v) is 2.56. The van der Waals surface area contributed by atoms with Crippen LogP contribution in [-0.2, 0) is 0 Å². The van der Waals surface area contributed by atoms with Crippen LogP contribution in [0.3, 0.4) is 0 Å². The van der Waals surface area contributed by atoms with E-state index in [0.29, 0.717) is 11.3 Å². The molecule has 0 aliphatic heterocycles. The molecule has 3 heteroatoms. The summed E-state index contributed by atoms with van der Waals surface area (Å²) in [5, 5.41) is 2.82. The summed E-state index contributed by atoms with van der Waals surface area (Å²) in [6.45, 7) is 1.87. The van der Waals surface area contributed by atoms with E-state index in [9.17, 15) is 4.79 Å². The molecule has 0 aliphatic rings. The van der Waals surface area contributed by atoms with E-state index in [-0.39, 0.29) is 5.91 Å². The van der Waals surface area contributed by atoms with Crippen LogP contribution in [0.5, 0.6) is 0 Å². The summed E-state index contributed by atoms with van der Waals surface area (Å²) in [5.41, 5.74) is 8.49. The van der Waals surface area contributed by atoms with Gasteiger partial charge in [-0.2, -0.15) is 0 Å². The van der Waals surface area contributed by atoms with Crippen LogP contribution in [-0.4, -0.2) is 5.91 Å². The monoisotopic (exact) mass is 226 g/mol. The number of benzene rings is 2. The van der Waals surface area contributed by atoms with Crippen LogP contribution in [0.2, 0.25) is 0 Å². The van der Waals surface area contributed by atoms with Gasteiger partial charge in [0.15, 0.2) is 0 Å². The van der Waals surface area contributed by atoms with Crippen molar-refractivity contribution in [3.8, 4) is 0 Å². The maximum absolute atomic E-state index is 12.1. The van der Waals surface area contributed by atoms with Crippen molar-refractivity contribution in [1.82, 2.24) is 0 Å². The molecule has 0 aromatic heterocycles. The number of nitrogens with one attached hydrogen (secondary N) is 1. The average Bonchev–Trinajstić information content (AvgIpc) is 2.30. The Hall–Kier alpha value is -2.29. The molecule has 0 saturated heterocycles. The lowest BCUT2D eigenvalue weighted by Crippen LogP contribution is -2.15. The van der Waals surface area contributed by atoms with Crippen molar-refractivity contribution in [2.45, 2.75) is 6.92 Å². The third kappa shape index (κ3) is 2.45. The molecule has 2 aromatic rings. The molecule has 86 valence electrons. The zero-order chi connectivity index (χ0) is 12.3. The minimum absolute atomic E-state index is 0.174. The lowest BCUT2D eigenvalue weighted by molar-refractivity contribution is 0.102. The minimum atomic E-state index is -0.174. The summed E-state index contributed by atoms with van der Waals surface area (Å²) in [4.78, 5) is 12.1. The van der Waals surface area contributed by atoms with Gasteiger partial charge in [-0.25, -0.2) is 0 Å². The number of amides is 1. The number of nitrogen functional groups attached to an aromatic ring is 1. The van der Waals surface area contributed by atoms with Crippen molar-refractivity contribution >= 4 is 17.3 Å². The van der Waals surface area contributed by atoms with E-state index >= 15 is 0 Å². The largest absolute Gasteiger partial charge is 0.398 e. The summed E-state index contributed by atoms with van der Waals surface area (Å²) in [7, 11) is 0. The molecule has 0 bridgehead atoms. The highest BCUT2D eigenvalue weighted by atomic mass is 16.1. The third-order valence-electron chi connectivity index (χ3n) is 2.56. The van der Waals surface area contributed by atoms with Crippen molar-refractivity contribution in [1.29, 1.82) is 0 Å². The second kappa shape index (κ2) is 4.70. The number of carbonyl (C=O) groups excluding carboxylic acids is 1.